The first-order valence-electron chi connectivity index (χ1n) is 7.94. The summed E-state index contributed by atoms with van der Waals surface area (Å²) in [7, 11) is 0. The van der Waals surface area contributed by atoms with Crippen molar-refractivity contribution < 1.29 is 0 Å². The molecule has 1 heterocycles. The van der Waals surface area contributed by atoms with Crippen LogP contribution in [0.4, 0.5) is 0 Å². The number of hydrogen-bond donors (Lipinski definition) is 1. The zero-order valence-corrected chi connectivity index (χ0v) is 13.8. The fraction of sp³-hybridized carbons (Fsp3) is 0.750. The Morgan fingerprint density at radius 3 is 3.00 bits per heavy atom. The lowest BCUT2D eigenvalue weighted by Crippen LogP contribution is -2.22. The molecule has 4 heteroatoms. The summed E-state index contributed by atoms with van der Waals surface area (Å²) in [6.45, 7) is 7.68. The fourth-order valence-electron chi connectivity index (χ4n) is 2.62. The molecule has 2 rings (SSSR count). The summed E-state index contributed by atoms with van der Waals surface area (Å²) in [5.41, 5.74) is 2.62. The van der Waals surface area contributed by atoms with E-state index in [4.69, 9.17) is 4.98 Å². The molecule has 0 saturated carbocycles. The third-order valence-corrected chi connectivity index (χ3v) is 5.33. The molecule has 3 nitrogen and oxygen atoms in total. The maximum absolute atomic E-state index is 4.84. The molecule has 1 aliphatic rings. The van der Waals surface area contributed by atoms with Gasteiger partial charge >= 0.3 is 0 Å². The molecular weight excluding hydrogens is 266 g/mol. The van der Waals surface area contributed by atoms with Crippen molar-refractivity contribution in [2.75, 3.05) is 6.54 Å². The Morgan fingerprint density at radius 2 is 2.25 bits per heavy atom. The van der Waals surface area contributed by atoms with Gasteiger partial charge in [0.2, 0.25) is 0 Å². The van der Waals surface area contributed by atoms with Gasteiger partial charge in [-0.25, -0.2) is 9.97 Å². The second kappa shape index (κ2) is 7.99. The molecule has 0 spiro atoms. The quantitative estimate of drug-likeness (QED) is 0.808. The molecule has 0 fully saturated rings. The summed E-state index contributed by atoms with van der Waals surface area (Å²) in [5.74, 6) is 1.94. The molecule has 1 N–H and O–H groups in total. The Morgan fingerprint density at radius 1 is 1.40 bits per heavy atom. The van der Waals surface area contributed by atoms with Crippen molar-refractivity contribution in [2.45, 2.75) is 69.9 Å². The molecule has 0 radical (unpaired) electrons. The number of aromatic nitrogens is 2. The molecule has 1 aromatic rings. The van der Waals surface area contributed by atoms with Crippen LogP contribution in [0.15, 0.2) is 6.20 Å². The van der Waals surface area contributed by atoms with E-state index in [2.05, 4.69) is 37.3 Å². The molecule has 1 aromatic heterocycles. The van der Waals surface area contributed by atoms with Crippen LogP contribution < -0.4 is 5.32 Å². The minimum absolute atomic E-state index is 0.453. The van der Waals surface area contributed by atoms with Crippen molar-refractivity contribution in [1.82, 2.24) is 15.3 Å². The van der Waals surface area contributed by atoms with Crippen molar-refractivity contribution >= 4 is 11.8 Å². The topological polar surface area (TPSA) is 37.8 Å². The summed E-state index contributed by atoms with van der Waals surface area (Å²) < 4.78 is 0. The van der Waals surface area contributed by atoms with Crippen molar-refractivity contribution in [3.63, 3.8) is 0 Å². The Bertz CT molecular complexity index is 422. The number of aryl methyl sites for hydroxylation is 1. The predicted molar refractivity (Wildman–Crippen MR) is 87.1 cm³/mol. The van der Waals surface area contributed by atoms with Gasteiger partial charge in [-0.3, -0.25) is 0 Å². The van der Waals surface area contributed by atoms with Crippen molar-refractivity contribution in [3.05, 3.63) is 23.3 Å². The number of hydrogen-bond acceptors (Lipinski definition) is 4. The van der Waals surface area contributed by atoms with Gasteiger partial charge in [0.25, 0.3) is 0 Å². The summed E-state index contributed by atoms with van der Waals surface area (Å²) in [6.07, 6.45) is 8.15. The van der Waals surface area contributed by atoms with Crippen LogP contribution in [-0.2, 0) is 12.2 Å². The standard InChI is InChI=1S/C16H27N3S/c1-4-12(3)20-11-16-18-10-13-14(17-5-2)8-6-7-9-15(13)19-16/h10,12,14,17H,4-9,11H2,1-3H3. The maximum atomic E-state index is 4.84. The van der Waals surface area contributed by atoms with E-state index in [1.54, 1.807) is 0 Å². The van der Waals surface area contributed by atoms with Gasteiger partial charge in [0.05, 0.1) is 5.75 Å². The Kier molecular flexibility index (Phi) is 6.30. The van der Waals surface area contributed by atoms with E-state index >= 15 is 0 Å². The van der Waals surface area contributed by atoms with E-state index < -0.39 is 0 Å². The van der Waals surface area contributed by atoms with Crippen LogP contribution in [0.3, 0.4) is 0 Å². The van der Waals surface area contributed by atoms with Gasteiger partial charge in [0.1, 0.15) is 5.82 Å². The zero-order chi connectivity index (χ0) is 14.4. The first kappa shape index (κ1) is 15.8. The van der Waals surface area contributed by atoms with Gasteiger partial charge in [-0.2, -0.15) is 11.8 Å². The maximum Gasteiger partial charge on any atom is 0.138 e. The number of nitrogens with zero attached hydrogens (tertiary/aromatic N) is 2. The highest BCUT2D eigenvalue weighted by atomic mass is 32.2. The van der Waals surface area contributed by atoms with Gasteiger partial charge in [-0.1, -0.05) is 27.2 Å². The summed E-state index contributed by atoms with van der Waals surface area (Å²) in [4.78, 5) is 9.44. The van der Waals surface area contributed by atoms with Crippen LogP contribution in [0.25, 0.3) is 0 Å². The summed E-state index contributed by atoms with van der Waals surface area (Å²) >= 11 is 1.96. The Hall–Kier alpha value is -0.610. The van der Waals surface area contributed by atoms with E-state index in [1.807, 2.05) is 11.8 Å². The van der Waals surface area contributed by atoms with E-state index in [9.17, 15) is 0 Å². The van der Waals surface area contributed by atoms with Crippen molar-refractivity contribution in [1.29, 1.82) is 0 Å². The molecule has 0 bridgehead atoms. The highest BCUT2D eigenvalue weighted by Crippen LogP contribution is 2.27. The van der Waals surface area contributed by atoms with Crippen LogP contribution in [0, 0.1) is 0 Å². The first-order valence-corrected chi connectivity index (χ1v) is 8.99. The van der Waals surface area contributed by atoms with Gasteiger partial charge in [0, 0.05) is 28.7 Å². The average Bonchev–Trinajstić information content (AvgIpc) is 2.67. The molecule has 0 aliphatic heterocycles. The molecular formula is C16H27N3S. The van der Waals surface area contributed by atoms with Crippen LogP contribution in [0.1, 0.15) is 69.6 Å². The van der Waals surface area contributed by atoms with Crippen LogP contribution in [0.2, 0.25) is 0 Å². The van der Waals surface area contributed by atoms with Gasteiger partial charge in [-0.05, 0) is 32.2 Å². The molecule has 0 saturated heterocycles. The van der Waals surface area contributed by atoms with Gasteiger partial charge in [-0.15, -0.1) is 0 Å². The molecule has 0 aromatic carbocycles. The van der Waals surface area contributed by atoms with Crippen molar-refractivity contribution in [2.24, 2.45) is 0 Å². The molecule has 112 valence electrons. The minimum atomic E-state index is 0.453. The van der Waals surface area contributed by atoms with Gasteiger partial charge in [0.15, 0.2) is 0 Å². The van der Waals surface area contributed by atoms with E-state index in [1.165, 1.54) is 36.9 Å². The van der Waals surface area contributed by atoms with Crippen LogP contribution in [0.5, 0.6) is 0 Å². The van der Waals surface area contributed by atoms with Crippen LogP contribution in [-0.4, -0.2) is 21.8 Å². The zero-order valence-electron chi connectivity index (χ0n) is 13.0. The lowest BCUT2D eigenvalue weighted by atomic mass is 10.1. The minimum Gasteiger partial charge on any atom is -0.310 e. The Balaban J connectivity index is 2.10. The molecule has 2 atom stereocenters. The van der Waals surface area contributed by atoms with E-state index in [0.29, 0.717) is 11.3 Å². The number of nitrogens with one attached hydrogen (secondary N) is 1. The molecule has 2 unspecified atom stereocenters. The summed E-state index contributed by atoms with van der Waals surface area (Å²) in [6, 6.07) is 0.453. The number of fused-ring (bicyclic) bond motifs is 1. The molecule has 0 amide bonds. The van der Waals surface area contributed by atoms with E-state index in [-0.39, 0.29) is 0 Å². The second-order valence-electron chi connectivity index (χ2n) is 5.57. The lowest BCUT2D eigenvalue weighted by Gasteiger charge is -2.18. The van der Waals surface area contributed by atoms with Crippen LogP contribution >= 0.6 is 11.8 Å². The first-order chi connectivity index (χ1) is 9.74. The fourth-order valence-corrected chi connectivity index (χ4v) is 3.43. The van der Waals surface area contributed by atoms with E-state index in [0.717, 1.165) is 24.5 Å². The second-order valence-corrected chi connectivity index (χ2v) is 7.00. The smallest absolute Gasteiger partial charge is 0.138 e. The van der Waals surface area contributed by atoms with Gasteiger partial charge < -0.3 is 5.32 Å². The Labute approximate surface area is 127 Å². The highest BCUT2D eigenvalue weighted by Gasteiger charge is 2.19. The normalized spacial score (nSPS) is 20.2. The van der Waals surface area contributed by atoms with Crippen molar-refractivity contribution in [3.8, 4) is 0 Å². The lowest BCUT2D eigenvalue weighted by molar-refractivity contribution is 0.502. The monoisotopic (exact) mass is 293 g/mol. The average molecular weight is 293 g/mol. The highest BCUT2D eigenvalue weighted by molar-refractivity contribution is 7.99. The molecule has 20 heavy (non-hydrogen) atoms. The number of thioether (sulfide) groups is 1. The third kappa shape index (κ3) is 4.19. The largest absolute Gasteiger partial charge is 0.310 e. The summed E-state index contributed by atoms with van der Waals surface area (Å²) in [5, 5.41) is 4.26. The predicted octanol–water partition coefficient (Wildman–Crippen LogP) is 3.89. The SMILES string of the molecule is CCNC1CCCCc2nc(CSC(C)CC)ncc21. The molecule has 1 aliphatic carbocycles. The third-order valence-electron chi connectivity index (χ3n) is 4.00. The number of rotatable bonds is 6.